The molecule has 2 nitrogen and oxygen atoms in total. The molecular formula is C15H9Br2Cl2NO. The van der Waals surface area contributed by atoms with Crippen molar-refractivity contribution in [2.24, 2.45) is 0 Å². The van der Waals surface area contributed by atoms with Gasteiger partial charge in [-0.25, -0.2) is 0 Å². The first-order chi connectivity index (χ1) is 9.97. The zero-order chi connectivity index (χ0) is 15.4. The second-order valence-electron chi connectivity index (χ2n) is 4.09. The molecule has 0 aliphatic rings. The third-order valence-electron chi connectivity index (χ3n) is 2.59. The van der Waals surface area contributed by atoms with E-state index in [-0.39, 0.29) is 5.91 Å². The van der Waals surface area contributed by atoms with Gasteiger partial charge in [0.2, 0.25) is 5.91 Å². The smallest absolute Gasteiger partial charge is 0.248 e. The van der Waals surface area contributed by atoms with Gasteiger partial charge in [-0.3, -0.25) is 4.79 Å². The van der Waals surface area contributed by atoms with E-state index in [2.05, 4.69) is 37.2 Å². The van der Waals surface area contributed by atoms with Gasteiger partial charge >= 0.3 is 0 Å². The molecule has 0 radical (unpaired) electrons. The minimum atomic E-state index is -0.264. The van der Waals surface area contributed by atoms with Crippen molar-refractivity contribution in [2.45, 2.75) is 0 Å². The largest absolute Gasteiger partial charge is 0.322 e. The standard InChI is InChI=1S/C15H9Br2Cl2NO/c16-11-6-4-9(8-12(11)17)20-15(21)7-5-10-13(18)2-1-3-14(10)19/h1-8H,(H,20,21)/b7-5+. The van der Waals surface area contributed by atoms with Crippen LogP contribution in [0.5, 0.6) is 0 Å². The fraction of sp³-hybridized carbons (Fsp3) is 0. The van der Waals surface area contributed by atoms with E-state index in [1.165, 1.54) is 6.08 Å². The van der Waals surface area contributed by atoms with E-state index < -0.39 is 0 Å². The average Bonchev–Trinajstić information content (AvgIpc) is 2.42. The van der Waals surface area contributed by atoms with E-state index in [9.17, 15) is 4.79 Å². The lowest BCUT2D eigenvalue weighted by molar-refractivity contribution is -0.111. The average molecular weight is 450 g/mol. The number of hydrogen-bond acceptors (Lipinski definition) is 1. The number of amides is 1. The Hall–Kier alpha value is -0.810. The van der Waals surface area contributed by atoms with Crippen molar-refractivity contribution in [3.05, 3.63) is 67.0 Å². The second-order valence-corrected chi connectivity index (χ2v) is 6.61. The zero-order valence-corrected chi connectivity index (χ0v) is 15.2. The van der Waals surface area contributed by atoms with Crippen LogP contribution in [0, 0.1) is 0 Å². The molecule has 0 atom stereocenters. The summed E-state index contributed by atoms with van der Waals surface area (Å²) < 4.78 is 1.78. The molecule has 108 valence electrons. The summed E-state index contributed by atoms with van der Waals surface area (Å²) >= 11 is 18.8. The van der Waals surface area contributed by atoms with Crippen LogP contribution in [0.1, 0.15) is 5.56 Å². The van der Waals surface area contributed by atoms with Crippen molar-refractivity contribution in [3.63, 3.8) is 0 Å². The molecule has 0 saturated carbocycles. The molecule has 21 heavy (non-hydrogen) atoms. The molecule has 0 aromatic heterocycles. The van der Waals surface area contributed by atoms with E-state index in [0.717, 1.165) is 8.95 Å². The minimum Gasteiger partial charge on any atom is -0.322 e. The van der Waals surface area contributed by atoms with Crippen molar-refractivity contribution in [1.82, 2.24) is 0 Å². The predicted octanol–water partition coefficient (Wildman–Crippen LogP) is 6.17. The minimum absolute atomic E-state index is 0.264. The van der Waals surface area contributed by atoms with Crippen molar-refractivity contribution in [2.75, 3.05) is 5.32 Å². The van der Waals surface area contributed by atoms with Crippen molar-refractivity contribution >= 4 is 72.7 Å². The Labute approximate surface area is 149 Å². The number of rotatable bonds is 3. The van der Waals surface area contributed by atoms with Crippen LogP contribution in [0.15, 0.2) is 51.4 Å². The van der Waals surface area contributed by atoms with E-state index in [4.69, 9.17) is 23.2 Å². The lowest BCUT2D eigenvalue weighted by Crippen LogP contribution is -2.07. The number of benzene rings is 2. The van der Waals surface area contributed by atoms with E-state index >= 15 is 0 Å². The van der Waals surface area contributed by atoms with Gasteiger partial charge in [-0.05, 0) is 68.3 Å². The highest BCUT2D eigenvalue weighted by atomic mass is 79.9. The first-order valence-electron chi connectivity index (χ1n) is 5.85. The Balaban J connectivity index is 2.11. The van der Waals surface area contributed by atoms with Gasteiger partial charge in [-0.2, -0.15) is 0 Å². The molecule has 0 aliphatic heterocycles. The molecule has 2 aromatic carbocycles. The number of carbonyl (C=O) groups excluding carboxylic acids is 1. The molecule has 0 fully saturated rings. The van der Waals surface area contributed by atoms with Crippen molar-refractivity contribution < 1.29 is 4.79 Å². The molecule has 1 N–H and O–H groups in total. The highest BCUT2D eigenvalue weighted by Crippen LogP contribution is 2.27. The Bertz CT molecular complexity index is 697. The second kappa shape index (κ2) is 7.45. The summed E-state index contributed by atoms with van der Waals surface area (Å²) in [5, 5.41) is 3.75. The number of anilines is 1. The predicted molar refractivity (Wildman–Crippen MR) is 96.0 cm³/mol. The molecule has 0 spiro atoms. The third-order valence-corrected chi connectivity index (χ3v) is 5.13. The van der Waals surface area contributed by atoms with Gasteiger partial charge in [0.15, 0.2) is 0 Å². The maximum atomic E-state index is 11.9. The molecule has 2 rings (SSSR count). The van der Waals surface area contributed by atoms with Crippen molar-refractivity contribution in [3.8, 4) is 0 Å². The van der Waals surface area contributed by atoms with E-state index in [1.807, 2.05) is 6.07 Å². The van der Waals surface area contributed by atoms with Gasteiger partial charge in [-0.1, -0.05) is 29.3 Å². The Morgan fingerprint density at radius 2 is 1.71 bits per heavy atom. The van der Waals surface area contributed by atoms with Crippen LogP contribution in [0.4, 0.5) is 5.69 Å². The Morgan fingerprint density at radius 3 is 2.33 bits per heavy atom. The fourth-order valence-electron chi connectivity index (χ4n) is 1.59. The van der Waals surface area contributed by atoms with Gasteiger partial charge in [-0.15, -0.1) is 0 Å². The van der Waals surface area contributed by atoms with Crippen LogP contribution in [0.3, 0.4) is 0 Å². The number of hydrogen-bond donors (Lipinski definition) is 1. The maximum absolute atomic E-state index is 11.9. The van der Waals surface area contributed by atoms with Crippen LogP contribution in [-0.2, 0) is 4.79 Å². The normalized spacial score (nSPS) is 10.9. The molecule has 0 saturated heterocycles. The molecule has 1 amide bonds. The van der Waals surface area contributed by atoms with Gasteiger partial charge < -0.3 is 5.32 Å². The van der Waals surface area contributed by atoms with Crippen LogP contribution < -0.4 is 5.32 Å². The summed E-state index contributed by atoms with van der Waals surface area (Å²) in [6.07, 6.45) is 2.98. The summed E-state index contributed by atoms with van der Waals surface area (Å²) in [4.78, 5) is 11.9. The molecule has 0 heterocycles. The highest BCUT2D eigenvalue weighted by molar-refractivity contribution is 9.13. The maximum Gasteiger partial charge on any atom is 0.248 e. The SMILES string of the molecule is O=C(/C=C/c1c(Cl)cccc1Cl)Nc1ccc(Br)c(Br)c1. The van der Waals surface area contributed by atoms with Gasteiger partial charge in [0, 0.05) is 36.3 Å². The van der Waals surface area contributed by atoms with Gasteiger partial charge in [0.25, 0.3) is 0 Å². The van der Waals surface area contributed by atoms with Crippen LogP contribution in [-0.4, -0.2) is 5.91 Å². The topological polar surface area (TPSA) is 29.1 Å². The van der Waals surface area contributed by atoms with Crippen molar-refractivity contribution in [1.29, 1.82) is 0 Å². The first kappa shape index (κ1) is 16.6. The summed E-state index contributed by atoms with van der Waals surface area (Å²) in [7, 11) is 0. The molecule has 6 heteroatoms. The monoisotopic (exact) mass is 447 g/mol. The quantitative estimate of drug-likeness (QED) is 0.558. The number of halogens is 4. The Kier molecular flexibility index (Phi) is 5.88. The fourth-order valence-corrected chi connectivity index (χ4v) is 2.74. The highest BCUT2D eigenvalue weighted by Gasteiger charge is 2.04. The zero-order valence-electron chi connectivity index (χ0n) is 10.5. The lowest BCUT2D eigenvalue weighted by atomic mass is 10.2. The number of carbonyl (C=O) groups is 1. The summed E-state index contributed by atoms with van der Waals surface area (Å²) in [6, 6.07) is 10.6. The van der Waals surface area contributed by atoms with E-state index in [1.54, 1.807) is 36.4 Å². The molecule has 0 unspecified atom stereocenters. The Morgan fingerprint density at radius 1 is 1.05 bits per heavy atom. The lowest BCUT2D eigenvalue weighted by Gasteiger charge is -2.04. The molecular weight excluding hydrogens is 441 g/mol. The molecule has 2 aromatic rings. The molecule has 0 aliphatic carbocycles. The summed E-state index contributed by atoms with van der Waals surface area (Å²) in [5.41, 5.74) is 1.30. The van der Waals surface area contributed by atoms with Crippen LogP contribution in [0.25, 0.3) is 6.08 Å². The van der Waals surface area contributed by atoms with Crippen LogP contribution >= 0.6 is 55.1 Å². The molecule has 0 bridgehead atoms. The van der Waals surface area contributed by atoms with Crippen LogP contribution in [0.2, 0.25) is 10.0 Å². The number of nitrogens with one attached hydrogen (secondary N) is 1. The van der Waals surface area contributed by atoms with E-state index in [0.29, 0.717) is 21.3 Å². The van der Waals surface area contributed by atoms with Gasteiger partial charge in [0.05, 0.1) is 0 Å². The third kappa shape index (κ3) is 4.58. The van der Waals surface area contributed by atoms with Gasteiger partial charge in [0.1, 0.15) is 0 Å². The summed E-state index contributed by atoms with van der Waals surface area (Å²) in [5.74, 6) is -0.264. The summed E-state index contributed by atoms with van der Waals surface area (Å²) in [6.45, 7) is 0. The first-order valence-corrected chi connectivity index (χ1v) is 8.19.